The van der Waals surface area contributed by atoms with E-state index in [0.717, 1.165) is 11.1 Å². The van der Waals surface area contributed by atoms with Gasteiger partial charge in [-0.15, -0.1) is 0 Å². The van der Waals surface area contributed by atoms with E-state index in [1.165, 1.54) is 12.5 Å². The molecule has 0 bridgehead atoms. The molecule has 0 spiro atoms. The maximum atomic E-state index is 11.5. The quantitative estimate of drug-likeness (QED) is 0.836. The zero-order valence-corrected chi connectivity index (χ0v) is 11.0. The number of carbonyl (C=O) groups is 2. The summed E-state index contributed by atoms with van der Waals surface area (Å²) < 4.78 is 0. The molecule has 0 heterocycles. The second-order valence-electron chi connectivity index (χ2n) is 4.56. The Labute approximate surface area is 107 Å². The van der Waals surface area contributed by atoms with Crippen LogP contribution in [0.1, 0.15) is 30.0 Å². The highest BCUT2D eigenvalue weighted by molar-refractivity contribution is 5.83. The summed E-state index contributed by atoms with van der Waals surface area (Å²) in [6.07, 6.45) is 0.936. The Balaban J connectivity index is 2.50. The number of hydrogen-bond donors (Lipinski definition) is 2. The van der Waals surface area contributed by atoms with Crippen molar-refractivity contribution in [2.45, 2.75) is 39.7 Å². The number of benzene rings is 1. The van der Waals surface area contributed by atoms with Crippen LogP contribution >= 0.6 is 0 Å². The van der Waals surface area contributed by atoms with Crippen LogP contribution in [-0.2, 0) is 16.0 Å². The Bertz CT molecular complexity index is 454. The molecule has 1 atom stereocenters. The van der Waals surface area contributed by atoms with E-state index in [1.54, 1.807) is 0 Å². The van der Waals surface area contributed by atoms with Crippen molar-refractivity contribution < 1.29 is 14.7 Å². The van der Waals surface area contributed by atoms with Gasteiger partial charge in [-0.2, -0.15) is 0 Å². The fraction of sp³-hybridized carbons (Fsp3) is 0.429. The summed E-state index contributed by atoms with van der Waals surface area (Å²) in [6.45, 7) is 5.50. The lowest BCUT2D eigenvalue weighted by Crippen LogP contribution is -2.38. The Hall–Kier alpha value is -1.84. The Morgan fingerprint density at radius 3 is 2.56 bits per heavy atom. The van der Waals surface area contributed by atoms with Crippen LogP contribution in [0.2, 0.25) is 0 Å². The number of carboxylic acid groups (broad SMARTS) is 1. The second kappa shape index (κ2) is 6.19. The van der Waals surface area contributed by atoms with Crippen LogP contribution in [-0.4, -0.2) is 23.0 Å². The molecule has 0 unspecified atom stereocenters. The van der Waals surface area contributed by atoms with Crippen LogP contribution in [0, 0.1) is 13.8 Å². The molecule has 4 nitrogen and oxygen atoms in total. The number of carbonyl (C=O) groups excluding carboxylic acids is 1. The molecule has 4 heteroatoms. The second-order valence-corrected chi connectivity index (χ2v) is 4.56. The molecule has 0 aliphatic rings. The van der Waals surface area contributed by atoms with Gasteiger partial charge in [0.25, 0.3) is 0 Å². The van der Waals surface area contributed by atoms with Gasteiger partial charge in [0.2, 0.25) is 5.91 Å². The van der Waals surface area contributed by atoms with Crippen LogP contribution in [0.4, 0.5) is 0 Å². The lowest BCUT2D eigenvalue weighted by Gasteiger charge is -2.10. The van der Waals surface area contributed by atoms with Crippen molar-refractivity contribution in [1.82, 2.24) is 5.32 Å². The standard InChI is InChI=1S/C14H19NO3/c1-9-4-5-12(10(2)8-9)6-7-13(16)15-11(3)14(17)18/h4-5,8,11H,6-7H2,1-3H3,(H,15,16)(H,17,18)/t11-/m0/s1. The fourth-order valence-corrected chi connectivity index (χ4v) is 1.75. The van der Waals surface area contributed by atoms with E-state index >= 15 is 0 Å². The summed E-state index contributed by atoms with van der Waals surface area (Å²) in [6, 6.07) is 5.27. The molecule has 1 aromatic rings. The van der Waals surface area contributed by atoms with Crippen molar-refractivity contribution in [1.29, 1.82) is 0 Å². The van der Waals surface area contributed by atoms with E-state index < -0.39 is 12.0 Å². The Kier molecular flexibility index (Phi) is 4.89. The first kappa shape index (κ1) is 14.2. The maximum absolute atomic E-state index is 11.5. The summed E-state index contributed by atoms with van der Waals surface area (Å²) in [4.78, 5) is 22.1. The monoisotopic (exact) mass is 249 g/mol. The third-order valence-electron chi connectivity index (χ3n) is 2.87. The molecule has 0 aromatic heterocycles. The Morgan fingerprint density at radius 2 is 2.00 bits per heavy atom. The molecule has 1 amide bonds. The SMILES string of the molecule is Cc1ccc(CCC(=O)N[C@@H](C)C(=O)O)c(C)c1. The summed E-state index contributed by atoms with van der Waals surface area (Å²) in [7, 11) is 0. The van der Waals surface area contributed by atoms with Gasteiger partial charge in [0, 0.05) is 6.42 Å². The first-order valence-electron chi connectivity index (χ1n) is 5.98. The van der Waals surface area contributed by atoms with Crippen molar-refractivity contribution in [3.63, 3.8) is 0 Å². The average molecular weight is 249 g/mol. The van der Waals surface area contributed by atoms with Gasteiger partial charge in [-0.05, 0) is 38.3 Å². The largest absolute Gasteiger partial charge is 0.480 e. The van der Waals surface area contributed by atoms with Gasteiger partial charge in [-0.25, -0.2) is 0 Å². The van der Waals surface area contributed by atoms with Crippen molar-refractivity contribution in [2.75, 3.05) is 0 Å². The highest BCUT2D eigenvalue weighted by Crippen LogP contribution is 2.12. The first-order valence-corrected chi connectivity index (χ1v) is 5.98. The smallest absolute Gasteiger partial charge is 0.325 e. The molecule has 18 heavy (non-hydrogen) atoms. The molecular weight excluding hydrogens is 230 g/mol. The normalized spacial score (nSPS) is 11.9. The van der Waals surface area contributed by atoms with Crippen LogP contribution in [0.25, 0.3) is 0 Å². The molecule has 1 rings (SSSR count). The summed E-state index contributed by atoms with van der Waals surface area (Å²) in [5.41, 5.74) is 3.48. The highest BCUT2D eigenvalue weighted by Gasteiger charge is 2.13. The van der Waals surface area contributed by atoms with Crippen LogP contribution in [0.5, 0.6) is 0 Å². The molecule has 98 valence electrons. The molecule has 0 fully saturated rings. The number of rotatable bonds is 5. The van der Waals surface area contributed by atoms with Gasteiger partial charge < -0.3 is 10.4 Å². The molecule has 0 aliphatic heterocycles. The van der Waals surface area contributed by atoms with Crippen molar-refractivity contribution >= 4 is 11.9 Å². The fourth-order valence-electron chi connectivity index (χ4n) is 1.75. The lowest BCUT2D eigenvalue weighted by molar-refractivity contribution is -0.141. The molecule has 0 aliphatic carbocycles. The predicted molar refractivity (Wildman–Crippen MR) is 69.5 cm³/mol. The van der Waals surface area contributed by atoms with Gasteiger partial charge in [-0.1, -0.05) is 23.8 Å². The van der Waals surface area contributed by atoms with Crippen molar-refractivity contribution in [2.24, 2.45) is 0 Å². The molecule has 2 N–H and O–H groups in total. The van der Waals surface area contributed by atoms with Crippen molar-refractivity contribution in [3.8, 4) is 0 Å². The van der Waals surface area contributed by atoms with E-state index in [0.29, 0.717) is 12.8 Å². The van der Waals surface area contributed by atoms with Gasteiger partial charge in [-0.3, -0.25) is 9.59 Å². The first-order chi connectivity index (χ1) is 8.40. The summed E-state index contributed by atoms with van der Waals surface area (Å²) in [5, 5.41) is 11.1. The molecule has 0 radical (unpaired) electrons. The summed E-state index contributed by atoms with van der Waals surface area (Å²) in [5.74, 6) is -1.25. The minimum absolute atomic E-state index is 0.232. The summed E-state index contributed by atoms with van der Waals surface area (Å²) >= 11 is 0. The maximum Gasteiger partial charge on any atom is 0.325 e. The van der Waals surface area contributed by atoms with E-state index in [4.69, 9.17) is 5.11 Å². The number of carboxylic acids is 1. The topological polar surface area (TPSA) is 66.4 Å². The average Bonchev–Trinajstić information content (AvgIpc) is 2.27. The van der Waals surface area contributed by atoms with E-state index in [9.17, 15) is 9.59 Å². The van der Waals surface area contributed by atoms with Crippen molar-refractivity contribution in [3.05, 3.63) is 34.9 Å². The van der Waals surface area contributed by atoms with Gasteiger partial charge >= 0.3 is 5.97 Å². The number of nitrogens with one attached hydrogen (secondary N) is 1. The molecule has 0 saturated carbocycles. The third kappa shape index (κ3) is 4.20. The zero-order chi connectivity index (χ0) is 13.7. The zero-order valence-electron chi connectivity index (χ0n) is 11.0. The molecular formula is C14H19NO3. The highest BCUT2D eigenvalue weighted by atomic mass is 16.4. The van der Waals surface area contributed by atoms with E-state index in [-0.39, 0.29) is 5.91 Å². The lowest BCUT2D eigenvalue weighted by atomic mass is 10.0. The minimum Gasteiger partial charge on any atom is -0.480 e. The third-order valence-corrected chi connectivity index (χ3v) is 2.87. The minimum atomic E-state index is -1.02. The molecule has 1 aromatic carbocycles. The van der Waals surface area contributed by atoms with Gasteiger partial charge in [0.1, 0.15) is 6.04 Å². The van der Waals surface area contributed by atoms with E-state index in [1.807, 2.05) is 26.0 Å². The van der Waals surface area contributed by atoms with Crippen LogP contribution < -0.4 is 5.32 Å². The van der Waals surface area contributed by atoms with E-state index in [2.05, 4.69) is 11.4 Å². The number of hydrogen-bond acceptors (Lipinski definition) is 2. The Morgan fingerprint density at radius 1 is 1.33 bits per heavy atom. The molecule has 0 saturated heterocycles. The number of aliphatic carboxylic acids is 1. The van der Waals surface area contributed by atoms with Crippen LogP contribution in [0.15, 0.2) is 18.2 Å². The number of aryl methyl sites for hydroxylation is 3. The van der Waals surface area contributed by atoms with Gasteiger partial charge in [0.15, 0.2) is 0 Å². The van der Waals surface area contributed by atoms with Gasteiger partial charge in [0.05, 0.1) is 0 Å². The predicted octanol–water partition coefficient (Wildman–Crippen LogP) is 1.83. The number of amides is 1. The van der Waals surface area contributed by atoms with Crippen LogP contribution in [0.3, 0.4) is 0 Å².